The number of hydrogen-bond donors (Lipinski definition) is 2. The van der Waals surface area contributed by atoms with E-state index in [-0.39, 0.29) is 6.10 Å². The van der Waals surface area contributed by atoms with Crippen molar-refractivity contribution in [1.82, 2.24) is 0 Å². The molecule has 0 radical (unpaired) electrons. The van der Waals surface area contributed by atoms with Crippen LogP contribution in [0.1, 0.15) is 19.3 Å². The van der Waals surface area contributed by atoms with Crippen LogP contribution >= 0.6 is 0 Å². The van der Waals surface area contributed by atoms with Gasteiger partial charge in [-0.25, -0.2) is 0 Å². The Morgan fingerprint density at radius 1 is 1.22 bits per heavy atom. The molecule has 0 aromatic heterocycles. The molecule has 3 N–H and O–H groups in total. The van der Waals surface area contributed by atoms with Gasteiger partial charge in [0.15, 0.2) is 0 Å². The second-order valence-corrected chi connectivity index (χ2v) is 3.33. The highest BCUT2D eigenvalue weighted by molar-refractivity contribution is 5.03. The van der Waals surface area contributed by atoms with Crippen molar-refractivity contribution in [2.24, 2.45) is 17.6 Å². The van der Waals surface area contributed by atoms with Crippen molar-refractivity contribution in [2.45, 2.75) is 31.4 Å². The molecule has 0 amide bonds. The lowest BCUT2D eigenvalue weighted by atomic mass is 9.59. The summed E-state index contributed by atoms with van der Waals surface area (Å²) in [6.45, 7) is 0. The SMILES string of the molecule is NC1C2CCCC1C2O. The van der Waals surface area contributed by atoms with E-state index in [9.17, 15) is 5.11 Å². The fourth-order valence-corrected chi connectivity index (χ4v) is 2.26. The second-order valence-electron chi connectivity index (χ2n) is 3.33. The van der Waals surface area contributed by atoms with Crippen LogP contribution in [0.25, 0.3) is 0 Å². The zero-order chi connectivity index (χ0) is 6.43. The van der Waals surface area contributed by atoms with Gasteiger partial charge in [-0.2, -0.15) is 0 Å². The van der Waals surface area contributed by atoms with Gasteiger partial charge in [0.05, 0.1) is 6.10 Å². The van der Waals surface area contributed by atoms with Gasteiger partial charge in [-0.1, -0.05) is 6.42 Å². The highest BCUT2D eigenvalue weighted by Crippen LogP contribution is 2.44. The zero-order valence-electron chi connectivity index (χ0n) is 5.46. The van der Waals surface area contributed by atoms with Crippen LogP contribution in [-0.4, -0.2) is 17.3 Å². The molecule has 0 aromatic carbocycles. The van der Waals surface area contributed by atoms with E-state index in [1.165, 1.54) is 6.42 Å². The molecule has 3 aliphatic carbocycles. The molecule has 2 atom stereocenters. The van der Waals surface area contributed by atoms with E-state index in [0.29, 0.717) is 17.9 Å². The molecular formula is C7H13NO. The fourth-order valence-electron chi connectivity index (χ4n) is 2.26. The minimum atomic E-state index is -0.0475. The van der Waals surface area contributed by atoms with Crippen LogP contribution in [0.15, 0.2) is 0 Å². The summed E-state index contributed by atoms with van der Waals surface area (Å²) in [5.41, 5.74) is 5.76. The lowest BCUT2D eigenvalue weighted by molar-refractivity contribution is -0.0945. The Bertz CT molecular complexity index is 104. The molecule has 3 rings (SSSR count). The number of hydrogen-bond acceptors (Lipinski definition) is 2. The highest BCUT2D eigenvalue weighted by Gasteiger charge is 2.49. The van der Waals surface area contributed by atoms with Gasteiger partial charge >= 0.3 is 0 Å². The first-order valence-corrected chi connectivity index (χ1v) is 3.74. The maximum Gasteiger partial charge on any atom is 0.0626 e. The summed E-state index contributed by atoms with van der Waals surface area (Å²) in [5.74, 6) is 0.896. The average molecular weight is 127 g/mol. The van der Waals surface area contributed by atoms with E-state index in [2.05, 4.69) is 0 Å². The first kappa shape index (κ1) is 5.69. The quantitative estimate of drug-likeness (QED) is 0.485. The Balaban J connectivity index is 2.08. The Labute approximate surface area is 55.1 Å². The number of aliphatic hydroxyl groups is 1. The zero-order valence-corrected chi connectivity index (χ0v) is 5.46. The fraction of sp³-hybridized carbons (Fsp3) is 1.00. The maximum atomic E-state index is 9.32. The summed E-state index contributed by atoms with van der Waals surface area (Å²) in [6.07, 6.45) is 3.53. The molecule has 2 bridgehead atoms. The van der Waals surface area contributed by atoms with Gasteiger partial charge in [-0.3, -0.25) is 0 Å². The highest BCUT2D eigenvalue weighted by atomic mass is 16.3. The number of rotatable bonds is 0. The third-order valence-electron chi connectivity index (χ3n) is 2.94. The Morgan fingerprint density at radius 2 is 1.78 bits per heavy atom. The smallest absolute Gasteiger partial charge is 0.0626 e. The molecule has 3 saturated carbocycles. The third kappa shape index (κ3) is 0.578. The number of nitrogens with two attached hydrogens (primary N) is 1. The van der Waals surface area contributed by atoms with Crippen LogP contribution in [0.3, 0.4) is 0 Å². The predicted molar refractivity (Wildman–Crippen MR) is 34.8 cm³/mol. The van der Waals surface area contributed by atoms with Gasteiger partial charge in [-0.15, -0.1) is 0 Å². The van der Waals surface area contributed by atoms with Crippen LogP contribution in [-0.2, 0) is 0 Å². The average Bonchev–Trinajstić information content (AvgIpc) is 1.91. The van der Waals surface area contributed by atoms with Crippen LogP contribution in [0.4, 0.5) is 0 Å². The van der Waals surface area contributed by atoms with Crippen molar-refractivity contribution < 1.29 is 5.11 Å². The Kier molecular flexibility index (Phi) is 1.08. The Hall–Kier alpha value is -0.0800. The largest absolute Gasteiger partial charge is 0.392 e. The third-order valence-corrected chi connectivity index (χ3v) is 2.94. The van der Waals surface area contributed by atoms with Crippen LogP contribution < -0.4 is 5.73 Å². The number of aliphatic hydroxyl groups excluding tert-OH is 1. The van der Waals surface area contributed by atoms with Crippen molar-refractivity contribution in [3.63, 3.8) is 0 Å². The summed E-state index contributed by atoms with van der Waals surface area (Å²) < 4.78 is 0. The minimum Gasteiger partial charge on any atom is -0.392 e. The minimum absolute atomic E-state index is 0.0475. The summed E-state index contributed by atoms with van der Waals surface area (Å²) in [7, 11) is 0. The molecule has 0 saturated heterocycles. The summed E-state index contributed by atoms with van der Waals surface area (Å²) in [5, 5.41) is 9.32. The van der Waals surface area contributed by atoms with Gasteiger partial charge in [0.1, 0.15) is 0 Å². The first-order chi connectivity index (χ1) is 4.30. The van der Waals surface area contributed by atoms with E-state index in [1.54, 1.807) is 0 Å². The molecule has 2 heteroatoms. The van der Waals surface area contributed by atoms with Crippen LogP contribution in [0.5, 0.6) is 0 Å². The van der Waals surface area contributed by atoms with Crippen molar-refractivity contribution in [3.8, 4) is 0 Å². The first-order valence-electron chi connectivity index (χ1n) is 3.74. The molecule has 3 fully saturated rings. The predicted octanol–water partition coefficient (Wildman–Crippen LogP) is 0.104. The van der Waals surface area contributed by atoms with Gasteiger partial charge in [-0.05, 0) is 12.8 Å². The van der Waals surface area contributed by atoms with Gasteiger partial charge in [0.2, 0.25) is 0 Å². The van der Waals surface area contributed by atoms with Crippen molar-refractivity contribution >= 4 is 0 Å². The molecule has 52 valence electrons. The normalized spacial score (nSPS) is 56.7. The molecule has 9 heavy (non-hydrogen) atoms. The van der Waals surface area contributed by atoms with Gasteiger partial charge in [0.25, 0.3) is 0 Å². The molecule has 3 aliphatic rings. The lowest BCUT2D eigenvalue weighted by Gasteiger charge is -2.51. The van der Waals surface area contributed by atoms with Crippen LogP contribution in [0.2, 0.25) is 0 Å². The van der Waals surface area contributed by atoms with Crippen molar-refractivity contribution in [2.75, 3.05) is 0 Å². The van der Waals surface area contributed by atoms with Crippen molar-refractivity contribution in [1.29, 1.82) is 0 Å². The van der Waals surface area contributed by atoms with E-state index >= 15 is 0 Å². The van der Waals surface area contributed by atoms with Crippen molar-refractivity contribution in [3.05, 3.63) is 0 Å². The van der Waals surface area contributed by atoms with Crippen LogP contribution in [0, 0.1) is 11.8 Å². The van der Waals surface area contributed by atoms with Gasteiger partial charge in [0, 0.05) is 17.9 Å². The lowest BCUT2D eigenvalue weighted by Crippen LogP contribution is -2.62. The summed E-state index contributed by atoms with van der Waals surface area (Å²) in [4.78, 5) is 0. The van der Waals surface area contributed by atoms with E-state index in [4.69, 9.17) is 5.73 Å². The number of fused-ring (bicyclic) bond motifs is 2. The maximum absolute atomic E-state index is 9.32. The molecule has 0 aliphatic heterocycles. The van der Waals surface area contributed by atoms with Gasteiger partial charge < -0.3 is 10.8 Å². The second kappa shape index (κ2) is 1.70. The molecule has 0 heterocycles. The Morgan fingerprint density at radius 3 is 2.00 bits per heavy atom. The summed E-state index contributed by atoms with van der Waals surface area (Å²) >= 11 is 0. The molecule has 0 aromatic rings. The summed E-state index contributed by atoms with van der Waals surface area (Å²) in [6, 6.07) is 0.328. The molecule has 2 unspecified atom stereocenters. The standard InChI is InChI=1S/C7H13NO/c8-6-4-2-1-3-5(6)7(4)9/h4-7,9H,1-3,8H2. The topological polar surface area (TPSA) is 46.2 Å². The van der Waals surface area contributed by atoms with E-state index < -0.39 is 0 Å². The van der Waals surface area contributed by atoms with E-state index in [1.807, 2.05) is 0 Å². The monoisotopic (exact) mass is 127 g/mol. The molecular weight excluding hydrogens is 114 g/mol. The van der Waals surface area contributed by atoms with E-state index in [0.717, 1.165) is 12.8 Å². The molecule has 0 spiro atoms. The molecule has 2 nitrogen and oxygen atoms in total.